The lowest BCUT2D eigenvalue weighted by atomic mass is 10.0. The number of benzene rings is 1. The predicted octanol–water partition coefficient (Wildman–Crippen LogP) is 3.84. The van der Waals surface area contributed by atoms with Crippen LogP contribution in [0, 0.1) is 11.7 Å². The maximum atomic E-state index is 13.4. The molecule has 0 radical (unpaired) electrons. The first-order valence-electron chi connectivity index (χ1n) is 5.91. The smallest absolute Gasteiger partial charge is 0.165 e. The molecular formula is C14H19FO2. The molecule has 2 nitrogen and oxygen atoms in total. The average molecular weight is 238 g/mol. The van der Waals surface area contributed by atoms with E-state index in [4.69, 9.17) is 4.74 Å². The highest BCUT2D eigenvalue weighted by molar-refractivity contribution is 5.96. The number of hydrogen-bond donors (Lipinski definition) is 0. The molecule has 0 saturated carbocycles. The van der Waals surface area contributed by atoms with E-state index >= 15 is 0 Å². The third kappa shape index (κ3) is 4.17. The number of methoxy groups -OCH3 is 1. The molecule has 0 fully saturated rings. The highest BCUT2D eigenvalue weighted by Gasteiger charge is 2.10. The van der Waals surface area contributed by atoms with E-state index < -0.39 is 5.82 Å². The zero-order chi connectivity index (χ0) is 12.8. The number of hydrogen-bond acceptors (Lipinski definition) is 2. The van der Waals surface area contributed by atoms with Crippen molar-refractivity contribution in [2.45, 2.75) is 33.1 Å². The number of carbonyl (C=O) groups is 1. The Bertz CT molecular complexity index is 386. The van der Waals surface area contributed by atoms with E-state index in [-0.39, 0.29) is 11.5 Å². The van der Waals surface area contributed by atoms with E-state index in [1.165, 1.54) is 19.2 Å². The van der Waals surface area contributed by atoms with Crippen LogP contribution in [0.15, 0.2) is 18.2 Å². The van der Waals surface area contributed by atoms with Gasteiger partial charge < -0.3 is 4.74 Å². The molecule has 1 aromatic carbocycles. The van der Waals surface area contributed by atoms with Crippen LogP contribution in [0.5, 0.6) is 5.75 Å². The fourth-order valence-electron chi connectivity index (χ4n) is 1.66. The number of carbonyl (C=O) groups excluding carboxylic acids is 1. The third-order valence-electron chi connectivity index (χ3n) is 2.66. The van der Waals surface area contributed by atoms with Crippen molar-refractivity contribution in [2.75, 3.05) is 7.11 Å². The van der Waals surface area contributed by atoms with Crippen molar-refractivity contribution in [2.24, 2.45) is 5.92 Å². The van der Waals surface area contributed by atoms with Crippen molar-refractivity contribution < 1.29 is 13.9 Å². The van der Waals surface area contributed by atoms with Crippen molar-refractivity contribution in [3.05, 3.63) is 29.6 Å². The second kappa shape index (κ2) is 6.38. The van der Waals surface area contributed by atoms with Crippen molar-refractivity contribution >= 4 is 5.78 Å². The van der Waals surface area contributed by atoms with Crippen molar-refractivity contribution in [1.29, 1.82) is 0 Å². The molecule has 0 atom stereocenters. The molecule has 0 saturated heterocycles. The van der Waals surface area contributed by atoms with Gasteiger partial charge in [-0.25, -0.2) is 4.39 Å². The SMILES string of the molecule is COc1ccc(C(=O)CCCC(C)C)cc1F. The summed E-state index contributed by atoms with van der Waals surface area (Å²) in [6.07, 6.45) is 2.35. The molecule has 0 amide bonds. The molecule has 1 rings (SSSR count). The summed E-state index contributed by atoms with van der Waals surface area (Å²) < 4.78 is 18.2. The summed E-state index contributed by atoms with van der Waals surface area (Å²) in [5.74, 6) is 0.272. The monoisotopic (exact) mass is 238 g/mol. The molecule has 0 spiro atoms. The second-order valence-electron chi connectivity index (χ2n) is 4.56. The van der Waals surface area contributed by atoms with Crippen molar-refractivity contribution in [3.8, 4) is 5.75 Å². The fraction of sp³-hybridized carbons (Fsp3) is 0.500. The summed E-state index contributed by atoms with van der Waals surface area (Å²) in [5, 5.41) is 0. The number of ketones is 1. The average Bonchev–Trinajstić information content (AvgIpc) is 2.28. The molecular weight excluding hydrogens is 219 g/mol. The quantitative estimate of drug-likeness (QED) is 0.704. The van der Waals surface area contributed by atoms with Gasteiger partial charge in [0.25, 0.3) is 0 Å². The van der Waals surface area contributed by atoms with Gasteiger partial charge in [0, 0.05) is 12.0 Å². The summed E-state index contributed by atoms with van der Waals surface area (Å²) >= 11 is 0. The van der Waals surface area contributed by atoms with E-state index in [1.807, 2.05) is 0 Å². The second-order valence-corrected chi connectivity index (χ2v) is 4.56. The minimum absolute atomic E-state index is 0.00722. The minimum atomic E-state index is -0.484. The van der Waals surface area contributed by atoms with Crippen molar-refractivity contribution in [1.82, 2.24) is 0 Å². The van der Waals surface area contributed by atoms with E-state index in [2.05, 4.69) is 13.8 Å². The normalized spacial score (nSPS) is 10.6. The zero-order valence-corrected chi connectivity index (χ0v) is 10.6. The Kier molecular flexibility index (Phi) is 5.13. The lowest BCUT2D eigenvalue weighted by molar-refractivity contribution is 0.0977. The molecule has 0 heterocycles. The Balaban J connectivity index is 2.60. The highest BCUT2D eigenvalue weighted by Crippen LogP contribution is 2.19. The van der Waals surface area contributed by atoms with Crippen LogP contribution in [-0.2, 0) is 0 Å². The van der Waals surface area contributed by atoms with Gasteiger partial charge in [-0.2, -0.15) is 0 Å². The van der Waals surface area contributed by atoms with Gasteiger partial charge in [-0.3, -0.25) is 4.79 Å². The molecule has 94 valence electrons. The van der Waals surface area contributed by atoms with Gasteiger partial charge in [-0.05, 0) is 30.5 Å². The van der Waals surface area contributed by atoms with Crippen LogP contribution in [0.4, 0.5) is 4.39 Å². The molecule has 1 aromatic rings. The largest absolute Gasteiger partial charge is 0.494 e. The molecule has 0 unspecified atom stereocenters. The van der Waals surface area contributed by atoms with Gasteiger partial charge in [0.05, 0.1) is 7.11 Å². The topological polar surface area (TPSA) is 26.3 Å². The Morgan fingerprint density at radius 2 is 2.12 bits per heavy atom. The van der Waals surface area contributed by atoms with Crippen LogP contribution in [0.2, 0.25) is 0 Å². The highest BCUT2D eigenvalue weighted by atomic mass is 19.1. The van der Waals surface area contributed by atoms with Gasteiger partial charge in [0.1, 0.15) is 0 Å². The molecule has 0 aromatic heterocycles. The lowest BCUT2D eigenvalue weighted by Crippen LogP contribution is -2.01. The maximum absolute atomic E-state index is 13.4. The Morgan fingerprint density at radius 1 is 1.41 bits per heavy atom. The van der Waals surface area contributed by atoms with E-state index in [1.54, 1.807) is 6.07 Å². The zero-order valence-electron chi connectivity index (χ0n) is 10.6. The van der Waals surface area contributed by atoms with Gasteiger partial charge in [-0.1, -0.05) is 20.3 Å². The number of halogens is 1. The standard InChI is InChI=1S/C14H19FO2/c1-10(2)5-4-6-13(16)11-7-8-14(17-3)12(15)9-11/h7-10H,4-6H2,1-3H3. The number of Topliss-reactive ketones (excluding diaryl/α,β-unsaturated/α-hetero) is 1. The van der Waals surface area contributed by atoms with Crippen LogP contribution in [0.1, 0.15) is 43.5 Å². The Labute approximate surface area is 102 Å². The summed E-state index contributed by atoms with van der Waals surface area (Å²) in [6.45, 7) is 4.25. The summed E-state index contributed by atoms with van der Waals surface area (Å²) in [5.41, 5.74) is 0.423. The first-order chi connectivity index (χ1) is 8.04. The van der Waals surface area contributed by atoms with Crippen LogP contribution in [-0.4, -0.2) is 12.9 Å². The maximum Gasteiger partial charge on any atom is 0.165 e. The van der Waals surface area contributed by atoms with Crippen LogP contribution < -0.4 is 4.74 Å². The van der Waals surface area contributed by atoms with E-state index in [0.717, 1.165) is 12.8 Å². The lowest BCUT2D eigenvalue weighted by Gasteiger charge is -2.06. The molecule has 0 aliphatic rings. The van der Waals surface area contributed by atoms with Gasteiger partial charge in [0.15, 0.2) is 17.3 Å². The molecule has 17 heavy (non-hydrogen) atoms. The molecule has 0 aliphatic carbocycles. The van der Waals surface area contributed by atoms with Crippen molar-refractivity contribution in [3.63, 3.8) is 0 Å². The van der Waals surface area contributed by atoms with Gasteiger partial charge in [0.2, 0.25) is 0 Å². The predicted molar refractivity (Wildman–Crippen MR) is 66.0 cm³/mol. The van der Waals surface area contributed by atoms with E-state index in [9.17, 15) is 9.18 Å². The fourth-order valence-corrected chi connectivity index (χ4v) is 1.66. The van der Waals surface area contributed by atoms with Gasteiger partial charge in [-0.15, -0.1) is 0 Å². The van der Waals surface area contributed by atoms with E-state index in [0.29, 0.717) is 17.9 Å². The summed E-state index contributed by atoms with van der Waals surface area (Å²) in [7, 11) is 1.41. The molecule has 0 aliphatic heterocycles. The Morgan fingerprint density at radius 3 is 2.65 bits per heavy atom. The molecule has 3 heteroatoms. The summed E-state index contributed by atoms with van der Waals surface area (Å²) in [4.78, 5) is 11.8. The first kappa shape index (κ1) is 13.7. The van der Waals surface area contributed by atoms with Crippen LogP contribution >= 0.6 is 0 Å². The number of ether oxygens (including phenoxy) is 1. The minimum Gasteiger partial charge on any atom is -0.494 e. The van der Waals surface area contributed by atoms with Gasteiger partial charge >= 0.3 is 0 Å². The third-order valence-corrected chi connectivity index (χ3v) is 2.66. The first-order valence-corrected chi connectivity index (χ1v) is 5.91. The Hall–Kier alpha value is -1.38. The van der Waals surface area contributed by atoms with Crippen LogP contribution in [0.25, 0.3) is 0 Å². The molecule has 0 bridgehead atoms. The number of rotatable bonds is 6. The van der Waals surface area contributed by atoms with Crippen LogP contribution in [0.3, 0.4) is 0 Å². The summed E-state index contributed by atoms with van der Waals surface area (Å²) in [6, 6.07) is 4.35. The molecule has 0 N–H and O–H groups in total.